The van der Waals surface area contributed by atoms with Crippen LogP contribution in [0.25, 0.3) is 5.69 Å². The molecule has 1 amide bonds. The molecule has 1 fully saturated rings. The lowest BCUT2D eigenvalue weighted by Crippen LogP contribution is -2.32. The average molecular weight is 589 g/mol. The van der Waals surface area contributed by atoms with Crippen LogP contribution in [0.5, 0.6) is 0 Å². The predicted molar refractivity (Wildman–Crippen MR) is 160 cm³/mol. The van der Waals surface area contributed by atoms with Crippen molar-refractivity contribution in [2.45, 2.75) is 39.3 Å². The normalized spacial score (nSPS) is 16.9. The van der Waals surface area contributed by atoms with Gasteiger partial charge in [0.1, 0.15) is 0 Å². The second kappa shape index (κ2) is 11.1. The van der Waals surface area contributed by atoms with Gasteiger partial charge in [0, 0.05) is 46.4 Å². The topological polar surface area (TPSA) is 62.2 Å². The van der Waals surface area contributed by atoms with E-state index in [0.717, 1.165) is 44.1 Å². The van der Waals surface area contributed by atoms with Crippen LogP contribution in [0.4, 0.5) is 5.69 Å². The number of aromatic nitrogens is 2. The number of carbonyl (C=O) groups is 1. The van der Waals surface area contributed by atoms with Gasteiger partial charge >= 0.3 is 0 Å². The van der Waals surface area contributed by atoms with Gasteiger partial charge in [-0.25, -0.2) is 0 Å². The van der Waals surface area contributed by atoms with Crippen molar-refractivity contribution in [1.82, 2.24) is 19.8 Å². The molecule has 1 aliphatic heterocycles. The maximum Gasteiger partial charge on any atom is 0.226 e. The fourth-order valence-corrected chi connectivity index (χ4v) is 5.89. The van der Waals surface area contributed by atoms with E-state index in [2.05, 4.69) is 73.1 Å². The van der Waals surface area contributed by atoms with Crippen molar-refractivity contribution < 1.29 is 4.79 Å². The van der Waals surface area contributed by atoms with E-state index in [0.29, 0.717) is 18.1 Å². The minimum absolute atomic E-state index is 0.0451. The Balaban J connectivity index is 1.46. The first kappa shape index (κ1) is 26.1. The van der Waals surface area contributed by atoms with Gasteiger partial charge in [-0.1, -0.05) is 45.8 Å². The number of pyridine rings is 1. The average Bonchev–Trinajstić information content (AvgIpc) is 3.39. The Labute approximate surface area is 237 Å². The molecule has 2 aromatic heterocycles. The number of halogens is 1. The molecule has 4 aromatic rings. The molecule has 0 aliphatic carbocycles. The van der Waals surface area contributed by atoms with Crippen LogP contribution in [-0.2, 0) is 4.79 Å². The molecule has 1 aliphatic rings. The number of hydrogen-bond acceptors (Lipinski definition) is 3. The van der Waals surface area contributed by atoms with Crippen LogP contribution in [0.1, 0.15) is 46.7 Å². The van der Waals surface area contributed by atoms with Gasteiger partial charge < -0.3 is 20.1 Å². The summed E-state index contributed by atoms with van der Waals surface area (Å²) in [4.78, 5) is 19.7. The van der Waals surface area contributed by atoms with Gasteiger partial charge in [0.2, 0.25) is 5.91 Å². The molecule has 194 valence electrons. The Bertz CT molecular complexity index is 1470. The first-order valence-electron chi connectivity index (χ1n) is 12.6. The molecule has 0 saturated carbocycles. The number of thiocarbonyl (C=S) groups is 1. The maximum atomic E-state index is 12.9. The molecule has 3 heterocycles. The number of rotatable bonds is 7. The summed E-state index contributed by atoms with van der Waals surface area (Å²) in [6.45, 7) is 6.77. The van der Waals surface area contributed by atoms with Crippen LogP contribution in [-0.4, -0.2) is 32.0 Å². The summed E-state index contributed by atoms with van der Waals surface area (Å²) < 4.78 is 3.29. The number of hydrogen-bond donors (Lipinski definition) is 2. The second-order valence-corrected chi connectivity index (χ2v) is 10.9. The monoisotopic (exact) mass is 587 g/mol. The van der Waals surface area contributed by atoms with E-state index in [4.69, 9.17) is 12.2 Å². The fraction of sp³-hybridized carbons (Fsp3) is 0.233. The van der Waals surface area contributed by atoms with Gasteiger partial charge in [-0.3, -0.25) is 9.78 Å². The quantitative estimate of drug-likeness (QED) is 0.240. The second-order valence-electron chi connectivity index (χ2n) is 9.63. The van der Waals surface area contributed by atoms with Crippen molar-refractivity contribution >= 4 is 44.9 Å². The first-order valence-corrected chi connectivity index (χ1v) is 13.8. The van der Waals surface area contributed by atoms with Crippen LogP contribution in [0.3, 0.4) is 0 Å². The molecular weight excluding hydrogens is 558 g/mol. The molecule has 0 bridgehead atoms. The molecule has 2 unspecified atom stereocenters. The summed E-state index contributed by atoms with van der Waals surface area (Å²) in [5, 5.41) is 7.13. The molecule has 0 radical (unpaired) electrons. The van der Waals surface area contributed by atoms with Crippen molar-refractivity contribution in [3.05, 3.63) is 112 Å². The lowest BCUT2D eigenvalue weighted by atomic mass is 9.96. The standard InChI is InChI=1S/C30H30BrN5OS/c1-19-10-12-23(13-11-19)33-27(37)14-16-35-29(28(34-30(35)38)26-9-4-5-15-32-26)25-17-20(2)36(21(25)3)24-8-6-7-22(31)18-24/h4-13,15,17-18,28-29H,14,16H2,1-3H3,(H,33,37)(H,34,38). The number of nitrogens with zero attached hydrogens (tertiary/aromatic N) is 3. The highest BCUT2D eigenvalue weighted by atomic mass is 79.9. The number of amides is 1. The minimum atomic E-state index is -0.139. The highest BCUT2D eigenvalue weighted by Crippen LogP contribution is 2.41. The number of anilines is 1. The van der Waals surface area contributed by atoms with Crippen LogP contribution >= 0.6 is 28.1 Å². The van der Waals surface area contributed by atoms with Gasteiger partial charge in [0.05, 0.1) is 17.8 Å². The Morgan fingerprint density at radius 1 is 1.05 bits per heavy atom. The van der Waals surface area contributed by atoms with Gasteiger partial charge in [0.25, 0.3) is 0 Å². The van der Waals surface area contributed by atoms with Crippen LogP contribution in [0.2, 0.25) is 0 Å². The smallest absolute Gasteiger partial charge is 0.226 e. The summed E-state index contributed by atoms with van der Waals surface area (Å²) in [5.74, 6) is -0.0451. The molecule has 0 spiro atoms. The predicted octanol–water partition coefficient (Wildman–Crippen LogP) is 6.56. The van der Waals surface area contributed by atoms with Gasteiger partial charge in [-0.2, -0.15) is 0 Å². The largest absolute Gasteiger partial charge is 0.352 e. The van der Waals surface area contributed by atoms with Crippen LogP contribution in [0, 0.1) is 20.8 Å². The zero-order valence-electron chi connectivity index (χ0n) is 21.6. The van der Waals surface area contributed by atoms with E-state index in [9.17, 15) is 4.79 Å². The van der Waals surface area contributed by atoms with Crippen molar-refractivity contribution in [2.24, 2.45) is 0 Å². The fourth-order valence-electron chi connectivity index (χ4n) is 5.17. The van der Waals surface area contributed by atoms with E-state index >= 15 is 0 Å². The molecular formula is C30H30BrN5OS. The molecule has 38 heavy (non-hydrogen) atoms. The number of aryl methyl sites for hydroxylation is 2. The van der Waals surface area contributed by atoms with E-state index < -0.39 is 0 Å². The van der Waals surface area contributed by atoms with E-state index in [1.807, 2.05) is 61.5 Å². The zero-order valence-corrected chi connectivity index (χ0v) is 24.0. The molecule has 2 atom stereocenters. The molecule has 1 saturated heterocycles. The zero-order chi connectivity index (χ0) is 26.8. The minimum Gasteiger partial charge on any atom is -0.352 e. The van der Waals surface area contributed by atoms with E-state index in [1.165, 1.54) is 0 Å². The molecule has 2 aromatic carbocycles. The van der Waals surface area contributed by atoms with Crippen molar-refractivity contribution in [2.75, 3.05) is 11.9 Å². The lowest BCUT2D eigenvalue weighted by molar-refractivity contribution is -0.116. The summed E-state index contributed by atoms with van der Waals surface area (Å²) >= 11 is 9.43. The van der Waals surface area contributed by atoms with Gasteiger partial charge in [-0.15, -0.1) is 0 Å². The van der Waals surface area contributed by atoms with Crippen molar-refractivity contribution in [3.8, 4) is 5.69 Å². The number of benzene rings is 2. The third-order valence-corrected chi connectivity index (χ3v) is 7.81. The molecule has 2 N–H and O–H groups in total. The van der Waals surface area contributed by atoms with Gasteiger partial charge in [0.15, 0.2) is 5.11 Å². The van der Waals surface area contributed by atoms with E-state index in [1.54, 1.807) is 6.20 Å². The summed E-state index contributed by atoms with van der Waals surface area (Å²) in [6, 6.07) is 24.0. The summed E-state index contributed by atoms with van der Waals surface area (Å²) in [7, 11) is 0. The highest BCUT2D eigenvalue weighted by molar-refractivity contribution is 9.10. The first-order chi connectivity index (χ1) is 18.3. The molecule has 5 rings (SSSR count). The Hall–Kier alpha value is -3.49. The van der Waals surface area contributed by atoms with E-state index in [-0.39, 0.29) is 18.0 Å². The van der Waals surface area contributed by atoms with Crippen LogP contribution in [0.15, 0.2) is 83.5 Å². The summed E-state index contributed by atoms with van der Waals surface area (Å²) in [5.41, 5.74) is 7.37. The van der Waals surface area contributed by atoms with Crippen molar-refractivity contribution in [3.63, 3.8) is 0 Å². The third kappa shape index (κ3) is 5.37. The maximum absolute atomic E-state index is 12.9. The van der Waals surface area contributed by atoms with Crippen LogP contribution < -0.4 is 10.6 Å². The third-order valence-electron chi connectivity index (χ3n) is 6.97. The lowest BCUT2D eigenvalue weighted by Gasteiger charge is -2.28. The molecule has 6 nitrogen and oxygen atoms in total. The number of carbonyl (C=O) groups excluding carboxylic acids is 1. The summed E-state index contributed by atoms with van der Waals surface area (Å²) in [6.07, 6.45) is 2.12. The Kier molecular flexibility index (Phi) is 7.63. The molecule has 8 heteroatoms. The highest BCUT2D eigenvalue weighted by Gasteiger charge is 2.41. The van der Waals surface area contributed by atoms with Crippen molar-refractivity contribution in [1.29, 1.82) is 0 Å². The SMILES string of the molecule is Cc1ccc(NC(=O)CCN2C(=S)NC(c3ccccn3)C2c2cc(C)n(-c3cccc(Br)c3)c2C)cc1. The van der Waals surface area contributed by atoms with Gasteiger partial charge in [-0.05, 0) is 87.1 Å². The Morgan fingerprint density at radius 3 is 2.55 bits per heavy atom. The Morgan fingerprint density at radius 2 is 1.84 bits per heavy atom. The number of nitrogens with one attached hydrogen (secondary N) is 2.